The van der Waals surface area contributed by atoms with E-state index in [1.54, 1.807) is 21.1 Å². The maximum Gasteiger partial charge on any atom is 0.241 e. The molecule has 4 atom stereocenters. The van der Waals surface area contributed by atoms with Crippen LogP contribution in [-0.4, -0.2) is 93.0 Å². The molecule has 11 heteroatoms. The van der Waals surface area contributed by atoms with E-state index < -0.39 is 36.6 Å². The summed E-state index contributed by atoms with van der Waals surface area (Å²) in [5.74, 6) is 0.841. The van der Waals surface area contributed by atoms with Crippen LogP contribution in [0.2, 0.25) is 0 Å². The van der Waals surface area contributed by atoms with Gasteiger partial charge in [-0.1, -0.05) is 0 Å². The number of likely N-dealkylation sites (N-methyl/N-ethyl adjacent to an activating group) is 1. The molecule has 39 heavy (non-hydrogen) atoms. The van der Waals surface area contributed by atoms with Crippen LogP contribution in [0.4, 0.5) is 0 Å². The molecule has 0 radical (unpaired) electrons. The van der Waals surface area contributed by atoms with Gasteiger partial charge in [0.1, 0.15) is 17.5 Å². The number of fused-ring (bicyclic) bond motifs is 7. The van der Waals surface area contributed by atoms with E-state index in [-0.39, 0.29) is 34.3 Å². The fraction of sp³-hybridized carbons (Fsp3) is 0.500. The second-order valence-electron chi connectivity index (χ2n) is 10.0. The van der Waals surface area contributed by atoms with Crippen LogP contribution in [0.15, 0.2) is 0 Å². The molecule has 0 saturated carbocycles. The monoisotopic (exact) mass is 542 g/mol. The van der Waals surface area contributed by atoms with Crippen molar-refractivity contribution in [3.8, 4) is 34.5 Å². The molecule has 5 rings (SSSR count). The number of carbonyl (C=O) groups is 2. The maximum absolute atomic E-state index is 14.5. The summed E-state index contributed by atoms with van der Waals surface area (Å²) >= 11 is 0. The van der Waals surface area contributed by atoms with Gasteiger partial charge in [-0.3, -0.25) is 14.5 Å². The summed E-state index contributed by atoms with van der Waals surface area (Å²) in [7, 11) is 9.26. The van der Waals surface area contributed by atoms with Crippen LogP contribution in [0.5, 0.6) is 34.5 Å². The van der Waals surface area contributed by atoms with Gasteiger partial charge in [0.25, 0.3) is 0 Å². The van der Waals surface area contributed by atoms with Crippen molar-refractivity contribution in [3.63, 3.8) is 0 Å². The molecule has 0 spiro atoms. The third-order valence-electron chi connectivity index (χ3n) is 8.52. The zero-order valence-electron chi connectivity index (χ0n) is 23.4. The zero-order valence-corrected chi connectivity index (χ0v) is 23.4. The van der Waals surface area contributed by atoms with Gasteiger partial charge in [-0.05, 0) is 20.9 Å². The number of ether oxygens (including phenoxy) is 5. The molecule has 0 aliphatic carbocycles. The highest BCUT2D eigenvalue weighted by molar-refractivity contribution is 6.10. The lowest BCUT2D eigenvalue weighted by atomic mass is 9.73. The molecule has 2 bridgehead atoms. The molecule has 210 valence electrons. The molecule has 3 unspecified atom stereocenters. The molecule has 3 aliphatic heterocycles. The quantitative estimate of drug-likeness (QED) is 0.560. The van der Waals surface area contributed by atoms with Gasteiger partial charge in [-0.2, -0.15) is 0 Å². The summed E-state index contributed by atoms with van der Waals surface area (Å²) in [5, 5.41) is 22.0. The molecule has 2 N–H and O–H groups in total. The first-order chi connectivity index (χ1) is 18.6. The molecule has 1 saturated heterocycles. The lowest BCUT2D eigenvalue weighted by Crippen LogP contribution is -2.68. The highest BCUT2D eigenvalue weighted by Crippen LogP contribution is 2.58. The van der Waals surface area contributed by atoms with E-state index >= 15 is 0 Å². The number of carbonyl (C=O) groups excluding carboxylic acids is 2. The largest absolute Gasteiger partial charge is 0.507 e. The van der Waals surface area contributed by atoms with Gasteiger partial charge in [0.05, 0.1) is 65.8 Å². The van der Waals surface area contributed by atoms with E-state index in [0.29, 0.717) is 34.8 Å². The van der Waals surface area contributed by atoms with Gasteiger partial charge in [-0.25, -0.2) is 0 Å². The summed E-state index contributed by atoms with van der Waals surface area (Å²) in [6.45, 7) is 2.97. The maximum atomic E-state index is 14.5. The SMILES string of the molecule is COc1c(C)c(OC)c(OC)c2c1CC1C(=O)N3C(C(=O)c4c(O)c(C)c(OC)c(OC)c4[C@@H]3CO)C2N1C. The van der Waals surface area contributed by atoms with Crippen molar-refractivity contribution >= 4 is 11.7 Å². The number of benzene rings is 2. The number of rotatable bonds is 6. The topological polar surface area (TPSA) is 127 Å². The molecule has 3 aliphatic rings. The predicted octanol–water partition coefficient (Wildman–Crippen LogP) is 2.09. The number of aliphatic hydroxyl groups is 1. The van der Waals surface area contributed by atoms with E-state index in [0.717, 1.165) is 11.1 Å². The van der Waals surface area contributed by atoms with E-state index in [1.165, 1.54) is 33.3 Å². The second-order valence-corrected chi connectivity index (χ2v) is 10.0. The Morgan fingerprint density at radius 1 is 0.795 bits per heavy atom. The van der Waals surface area contributed by atoms with Crippen molar-refractivity contribution in [1.29, 1.82) is 0 Å². The highest BCUT2D eigenvalue weighted by Gasteiger charge is 2.59. The van der Waals surface area contributed by atoms with Gasteiger partial charge in [0.2, 0.25) is 5.91 Å². The van der Waals surface area contributed by atoms with E-state index in [4.69, 9.17) is 23.7 Å². The number of methoxy groups -OCH3 is 5. The predicted molar refractivity (Wildman–Crippen MR) is 140 cm³/mol. The minimum absolute atomic E-state index is 0.00207. The number of hydrogen-bond acceptors (Lipinski definition) is 10. The summed E-state index contributed by atoms with van der Waals surface area (Å²) in [5.41, 5.74) is 2.70. The molecule has 1 amide bonds. The van der Waals surface area contributed by atoms with Crippen LogP contribution in [-0.2, 0) is 11.2 Å². The Kier molecular flexibility index (Phi) is 6.54. The van der Waals surface area contributed by atoms with Crippen LogP contribution in [0.3, 0.4) is 0 Å². The highest BCUT2D eigenvalue weighted by atomic mass is 16.5. The van der Waals surface area contributed by atoms with Crippen molar-refractivity contribution in [3.05, 3.63) is 33.4 Å². The van der Waals surface area contributed by atoms with Crippen LogP contribution >= 0.6 is 0 Å². The number of phenols is 1. The van der Waals surface area contributed by atoms with E-state index in [9.17, 15) is 19.8 Å². The molecule has 2 aromatic rings. The third kappa shape index (κ3) is 3.29. The average Bonchev–Trinajstić information content (AvgIpc) is 2.92. The Morgan fingerprint density at radius 2 is 1.33 bits per heavy atom. The number of aromatic hydroxyl groups is 1. The van der Waals surface area contributed by atoms with E-state index in [1.807, 2.05) is 11.8 Å². The second kappa shape index (κ2) is 9.49. The Labute approximate surface area is 226 Å². The van der Waals surface area contributed by atoms with Gasteiger partial charge in [0.15, 0.2) is 28.8 Å². The summed E-state index contributed by atoms with van der Waals surface area (Å²) in [6, 6.07) is -3.37. The number of amides is 1. The Balaban J connectivity index is 1.87. The summed E-state index contributed by atoms with van der Waals surface area (Å²) in [6.07, 6.45) is 0.299. The van der Waals surface area contributed by atoms with Crippen molar-refractivity contribution < 1.29 is 43.5 Å². The molecule has 2 aromatic carbocycles. The number of hydrogen-bond donors (Lipinski definition) is 2. The first-order valence-electron chi connectivity index (χ1n) is 12.6. The molecular weight excluding hydrogens is 508 g/mol. The molecular formula is C28H34N2O9. The number of piperazine rings is 1. The lowest BCUT2D eigenvalue weighted by molar-refractivity contribution is -0.155. The lowest BCUT2D eigenvalue weighted by Gasteiger charge is -2.56. The molecule has 1 fully saturated rings. The van der Waals surface area contributed by atoms with Gasteiger partial charge in [0, 0.05) is 34.2 Å². The Bertz CT molecular complexity index is 1390. The number of aliphatic hydroxyl groups excluding tert-OH is 1. The average molecular weight is 543 g/mol. The minimum atomic E-state index is -1.09. The van der Waals surface area contributed by atoms with Gasteiger partial charge in [-0.15, -0.1) is 0 Å². The van der Waals surface area contributed by atoms with Crippen LogP contribution in [0, 0.1) is 13.8 Å². The van der Waals surface area contributed by atoms with Crippen molar-refractivity contribution in [2.24, 2.45) is 0 Å². The number of Topliss-reactive ketones (excluding diaryl/α,β-unsaturated/α-hetero) is 1. The minimum Gasteiger partial charge on any atom is -0.507 e. The molecule has 0 aromatic heterocycles. The van der Waals surface area contributed by atoms with Crippen molar-refractivity contribution in [2.45, 2.75) is 44.4 Å². The normalized spacial score (nSPS) is 23.6. The van der Waals surface area contributed by atoms with Crippen LogP contribution < -0.4 is 23.7 Å². The fourth-order valence-corrected chi connectivity index (χ4v) is 6.89. The first-order valence-corrected chi connectivity index (χ1v) is 12.6. The number of phenolic OH excluding ortho intramolecular Hbond substituents is 1. The number of nitrogens with zero attached hydrogens (tertiary/aromatic N) is 2. The summed E-state index contributed by atoms with van der Waals surface area (Å²) < 4.78 is 28.5. The van der Waals surface area contributed by atoms with E-state index in [2.05, 4.69) is 0 Å². The Morgan fingerprint density at radius 3 is 1.87 bits per heavy atom. The zero-order chi connectivity index (χ0) is 28.5. The fourth-order valence-electron chi connectivity index (χ4n) is 6.89. The standard InChI is InChI=1S/C28H34N2O9/c1-11-21(32)18-17(27(39-8)24(11)36-5)15(10-31)30-20(22(18)33)19-16-13(9-14(28(30)34)29(19)3)23(35-4)12(2)25(37-6)26(16)38-7/h14-15,19-20,31-32H,9-10H2,1-8H3/t14?,15-,19?,20?/m0/s1. The van der Waals surface area contributed by atoms with Crippen LogP contribution in [0.25, 0.3) is 0 Å². The Hall–Kier alpha value is -3.70. The molecule has 11 nitrogen and oxygen atoms in total. The van der Waals surface area contributed by atoms with Crippen molar-refractivity contribution in [1.82, 2.24) is 9.80 Å². The van der Waals surface area contributed by atoms with Gasteiger partial charge < -0.3 is 38.8 Å². The van der Waals surface area contributed by atoms with Crippen LogP contribution in [0.1, 0.15) is 50.3 Å². The number of ketones is 1. The smallest absolute Gasteiger partial charge is 0.241 e. The molecule has 3 heterocycles. The van der Waals surface area contributed by atoms with Gasteiger partial charge >= 0.3 is 0 Å². The first kappa shape index (κ1) is 26.9. The summed E-state index contributed by atoms with van der Waals surface area (Å²) in [4.78, 5) is 31.9. The van der Waals surface area contributed by atoms with Crippen molar-refractivity contribution in [2.75, 3.05) is 49.2 Å². The third-order valence-corrected chi connectivity index (χ3v) is 8.52.